The van der Waals surface area contributed by atoms with Gasteiger partial charge in [0.15, 0.2) is 0 Å². The monoisotopic (exact) mass is 519 g/mol. The van der Waals surface area contributed by atoms with Gasteiger partial charge in [0.1, 0.15) is 11.2 Å². The summed E-state index contributed by atoms with van der Waals surface area (Å²) in [4.78, 5) is 37.5. The highest BCUT2D eigenvalue weighted by molar-refractivity contribution is 5.95. The Hall–Kier alpha value is -3.83. The number of likely N-dealkylation sites (tertiary alicyclic amines) is 1. The number of hydrogen-bond donors (Lipinski definition) is 2. The number of piperidine rings is 1. The van der Waals surface area contributed by atoms with E-state index in [4.69, 9.17) is 9.47 Å². The minimum absolute atomic E-state index is 0.0621. The maximum atomic E-state index is 13.9. The molecule has 1 aliphatic rings. The predicted molar refractivity (Wildman–Crippen MR) is 130 cm³/mol. The van der Waals surface area contributed by atoms with Gasteiger partial charge in [-0.1, -0.05) is 18.2 Å². The molecular weight excluding hydrogens is 491 g/mol. The van der Waals surface area contributed by atoms with Gasteiger partial charge in [-0.05, 0) is 33.3 Å². The molecule has 3 aromatic rings. The van der Waals surface area contributed by atoms with Crippen LogP contribution in [-0.4, -0.2) is 63.8 Å². The van der Waals surface area contributed by atoms with Gasteiger partial charge in [0.25, 0.3) is 0 Å². The minimum atomic E-state index is -4.68. The number of nitrogens with zero attached hydrogens (tertiary/aromatic N) is 3. The number of para-hydroxylation sites is 1. The summed E-state index contributed by atoms with van der Waals surface area (Å²) in [6, 6.07) is 6.42. The molecule has 0 unspecified atom stereocenters. The number of halogens is 3. The summed E-state index contributed by atoms with van der Waals surface area (Å²) in [6.07, 6.45) is -2.82. The van der Waals surface area contributed by atoms with Gasteiger partial charge in [-0.3, -0.25) is 4.79 Å². The largest absolute Gasteiger partial charge is 0.469 e. The van der Waals surface area contributed by atoms with E-state index >= 15 is 0 Å². The number of ether oxygens (including phenoxy) is 2. The molecule has 2 atom stereocenters. The summed E-state index contributed by atoms with van der Waals surface area (Å²) in [5, 5.41) is 3.59. The zero-order valence-corrected chi connectivity index (χ0v) is 20.8. The maximum absolute atomic E-state index is 13.9. The van der Waals surface area contributed by atoms with Crippen LogP contribution >= 0.6 is 0 Å². The lowest BCUT2D eigenvalue weighted by atomic mass is 9.94. The van der Waals surface area contributed by atoms with Gasteiger partial charge in [0.05, 0.1) is 18.7 Å². The Kier molecular flexibility index (Phi) is 7.03. The predicted octanol–water partition coefficient (Wildman–Crippen LogP) is 4.85. The number of rotatable bonds is 4. The Morgan fingerprint density at radius 3 is 2.57 bits per heavy atom. The summed E-state index contributed by atoms with van der Waals surface area (Å²) in [5.74, 6) is -1.23. The quantitative estimate of drug-likeness (QED) is 0.474. The van der Waals surface area contributed by atoms with Crippen LogP contribution in [0.4, 0.5) is 23.9 Å². The van der Waals surface area contributed by atoms with Crippen LogP contribution in [0.1, 0.15) is 32.8 Å². The standard InChI is InChI=1S/C25H28F3N5O4/c1-24(2,3)37-23(35)33-12-14(21(34)36-4)9-15(13-33)31-22-30-11-18(25(26,27)28)20(32-22)17-10-29-19-8-6-5-7-16(17)19/h5-8,10-11,14-15,29H,9,12-13H2,1-4H3,(H,30,31,32)/t14-,15+/m1/s1. The van der Waals surface area contributed by atoms with Gasteiger partial charge < -0.3 is 24.7 Å². The van der Waals surface area contributed by atoms with Crippen molar-refractivity contribution in [2.24, 2.45) is 5.92 Å². The molecule has 1 aliphatic heterocycles. The fourth-order valence-corrected chi connectivity index (χ4v) is 4.33. The average molecular weight is 520 g/mol. The fraction of sp³-hybridized carbons (Fsp3) is 0.440. The van der Waals surface area contributed by atoms with Crippen molar-refractivity contribution in [2.75, 3.05) is 25.5 Å². The van der Waals surface area contributed by atoms with Gasteiger partial charge in [-0.15, -0.1) is 0 Å². The Morgan fingerprint density at radius 2 is 1.89 bits per heavy atom. The number of esters is 1. The number of aromatic nitrogens is 3. The maximum Gasteiger partial charge on any atom is 0.419 e. The van der Waals surface area contributed by atoms with E-state index in [1.54, 1.807) is 45.0 Å². The number of aromatic amines is 1. The Balaban J connectivity index is 1.66. The van der Waals surface area contributed by atoms with Gasteiger partial charge in [0, 0.05) is 48.0 Å². The highest BCUT2D eigenvalue weighted by Gasteiger charge is 2.38. The second-order valence-electron chi connectivity index (χ2n) is 9.88. The van der Waals surface area contributed by atoms with Crippen molar-refractivity contribution in [3.63, 3.8) is 0 Å². The molecule has 0 bridgehead atoms. The van der Waals surface area contributed by atoms with E-state index in [-0.39, 0.29) is 36.7 Å². The molecule has 3 heterocycles. The molecule has 0 saturated carbocycles. The van der Waals surface area contributed by atoms with Crippen LogP contribution in [0.15, 0.2) is 36.7 Å². The third-order valence-corrected chi connectivity index (χ3v) is 5.91. The van der Waals surface area contributed by atoms with E-state index in [0.29, 0.717) is 10.9 Å². The highest BCUT2D eigenvalue weighted by Crippen LogP contribution is 2.38. The first-order valence-electron chi connectivity index (χ1n) is 11.7. The SMILES string of the molecule is COC(=O)[C@@H]1C[C@H](Nc2ncc(C(F)(F)F)c(-c3c[nH]c4ccccc34)n2)CN(C(=O)OC(C)(C)C)C1. The number of fused-ring (bicyclic) bond motifs is 1. The number of carbonyl (C=O) groups excluding carboxylic acids is 2. The molecule has 1 saturated heterocycles. The highest BCUT2D eigenvalue weighted by atomic mass is 19.4. The fourth-order valence-electron chi connectivity index (χ4n) is 4.33. The van der Waals surface area contributed by atoms with Crippen LogP contribution in [0.2, 0.25) is 0 Å². The number of anilines is 1. The number of hydrogen-bond acceptors (Lipinski definition) is 7. The Morgan fingerprint density at radius 1 is 1.16 bits per heavy atom. The first kappa shape index (κ1) is 26.2. The summed E-state index contributed by atoms with van der Waals surface area (Å²) < 4.78 is 51.9. The van der Waals surface area contributed by atoms with Gasteiger partial charge >= 0.3 is 18.2 Å². The summed E-state index contributed by atoms with van der Waals surface area (Å²) in [5.41, 5.74) is -1.07. The van der Waals surface area contributed by atoms with Crippen LogP contribution in [0.3, 0.4) is 0 Å². The molecule has 12 heteroatoms. The lowest BCUT2D eigenvalue weighted by molar-refractivity contribution is -0.147. The summed E-state index contributed by atoms with van der Waals surface area (Å²) >= 11 is 0. The second-order valence-corrected chi connectivity index (χ2v) is 9.88. The van der Waals surface area contributed by atoms with E-state index in [0.717, 1.165) is 6.20 Å². The smallest absolute Gasteiger partial charge is 0.419 e. The molecule has 1 aromatic carbocycles. The van der Waals surface area contributed by atoms with Crippen LogP contribution in [0.25, 0.3) is 22.2 Å². The van der Waals surface area contributed by atoms with Crippen molar-refractivity contribution in [3.8, 4) is 11.3 Å². The van der Waals surface area contributed by atoms with Crippen molar-refractivity contribution in [1.82, 2.24) is 19.9 Å². The number of benzene rings is 1. The second kappa shape index (κ2) is 9.91. The molecule has 1 amide bonds. The first-order valence-corrected chi connectivity index (χ1v) is 11.7. The minimum Gasteiger partial charge on any atom is -0.469 e. The first-order chi connectivity index (χ1) is 17.4. The number of nitrogens with one attached hydrogen (secondary N) is 2. The van der Waals surface area contributed by atoms with E-state index in [1.807, 2.05) is 0 Å². The molecule has 4 rings (SSSR count). The molecule has 2 aromatic heterocycles. The average Bonchev–Trinajstić information content (AvgIpc) is 3.25. The summed E-state index contributed by atoms with van der Waals surface area (Å²) in [6.45, 7) is 5.41. The normalized spacial score (nSPS) is 18.5. The molecule has 0 spiro atoms. The Labute approximate surface area is 211 Å². The number of carbonyl (C=O) groups is 2. The van der Waals surface area contributed by atoms with Crippen molar-refractivity contribution < 1.29 is 32.2 Å². The third kappa shape index (κ3) is 5.95. The van der Waals surface area contributed by atoms with Crippen LogP contribution in [0, 0.1) is 5.92 Å². The van der Waals surface area contributed by atoms with E-state index in [1.165, 1.54) is 18.2 Å². The lowest BCUT2D eigenvalue weighted by Gasteiger charge is -2.37. The van der Waals surface area contributed by atoms with Crippen LogP contribution < -0.4 is 5.32 Å². The molecule has 1 fully saturated rings. The number of methoxy groups -OCH3 is 1. The molecule has 9 nitrogen and oxygen atoms in total. The summed E-state index contributed by atoms with van der Waals surface area (Å²) in [7, 11) is 1.25. The van der Waals surface area contributed by atoms with Crippen molar-refractivity contribution in [3.05, 3.63) is 42.2 Å². The van der Waals surface area contributed by atoms with Crippen molar-refractivity contribution in [1.29, 1.82) is 0 Å². The van der Waals surface area contributed by atoms with E-state index in [9.17, 15) is 22.8 Å². The lowest BCUT2D eigenvalue weighted by Crippen LogP contribution is -2.52. The molecule has 37 heavy (non-hydrogen) atoms. The van der Waals surface area contributed by atoms with Crippen molar-refractivity contribution in [2.45, 2.75) is 45.0 Å². The van der Waals surface area contributed by atoms with Crippen molar-refractivity contribution >= 4 is 28.9 Å². The third-order valence-electron chi connectivity index (χ3n) is 5.91. The van der Waals surface area contributed by atoms with Gasteiger partial charge in [0.2, 0.25) is 5.95 Å². The molecular formula is C25H28F3N5O4. The Bertz CT molecular complexity index is 1300. The molecule has 0 aliphatic carbocycles. The van der Waals surface area contributed by atoms with Gasteiger partial charge in [-0.2, -0.15) is 13.2 Å². The zero-order valence-electron chi connectivity index (χ0n) is 20.8. The van der Waals surface area contributed by atoms with E-state index in [2.05, 4.69) is 20.3 Å². The van der Waals surface area contributed by atoms with Crippen LogP contribution in [0.5, 0.6) is 0 Å². The molecule has 198 valence electrons. The number of H-pyrrole nitrogens is 1. The molecule has 2 N–H and O–H groups in total. The van der Waals surface area contributed by atoms with Crippen LogP contribution in [-0.2, 0) is 20.4 Å². The van der Waals surface area contributed by atoms with Gasteiger partial charge in [-0.25, -0.2) is 14.8 Å². The zero-order chi connectivity index (χ0) is 27.0. The number of alkyl halides is 3. The molecule has 0 radical (unpaired) electrons. The van der Waals surface area contributed by atoms with E-state index < -0.39 is 41.4 Å². The number of amides is 1. The topological polar surface area (TPSA) is 109 Å².